The summed E-state index contributed by atoms with van der Waals surface area (Å²) in [4.78, 5) is 14.9. The molecule has 3 N–H and O–H groups in total. The molecule has 1 aromatic carbocycles. The van der Waals surface area contributed by atoms with Gasteiger partial charge in [0, 0.05) is 23.4 Å². The molecule has 1 aliphatic heterocycles. The van der Waals surface area contributed by atoms with E-state index in [0.717, 1.165) is 12.2 Å². The molecule has 0 saturated carbocycles. The Bertz CT molecular complexity index is 1160. The van der Waals surface area contributed by atoms with Crippen molar-refractivity contribution in [2.45, 2.75) is 19.4 Å². The van der Waals surface area contributed by atoms with E-state index in [1.807, 2.05) is 21.0 Å². The maximum Gasteiger partial charge on any atom is 0.258 e. The van der Waals surface area contributed by atoms with Gasteiger partial charge in [-0.15, -0.1) is 0 Å². The summed E-state index contributed by atoms with van der Waals surface area (Å²) in [5.41, 5.74) is 7.65. The average molecular weight is 442 g/mol. The zero-order valence-electron chi connectivity index (χ0n) is 19.2. The van der Waals surface area contributed by atoms with E-state index >= 15 is 0 Å². The molecule has 2 aromatic rings. The lowest BCUT2D eigenvalue weighted by Gasteiger charge is -2.28. The number of hydrogen-bond acceptors (Lipinski definition) is 7. The minimum atomic E-state index is -0.787. The summed E-state index contributed by atoms with van der Waals surface area (Å²) in [6, 6.07) is 7.27. The Balaban J connectivity index is 2.33. The van der Waals surface area contributed by atoms with Gasteiger partial charge in [0.25, 0.3) is 5.56 Å². The van der Waals surface area contributed by atoms with Crippen molar-refractivity contribution in [3.05, 3.63) is 56.8 Å². The molecule has 9 heteroatoms. The van der Waals surface area contributed by atoms with Gasteiger partial charge in [0.1, 0.15) is 23.1 Å². The summed E-state index contributed by atoms with van der Waals surface area (Å²) in [6.07, 6.45) is 0. The quantitative estimate of drug-likeness (QED) is 0.645. The van der Waals surface area contributed by atoms with E-state index < -0.39 is 5.92 Å². The van der Waals surface area contributed by atoms with Crippen LogP contribution in [0.25, 0.3) is 0 Å². The number of aryl methyl sites for hydroxylation is 1. The van der Waals surface area contributed by atoms with Crippen LogP contribution in [-0.4, -0.2) is 46.5 Å². The fraction of sp³-hybridized carbons (Fsp3) is 0.391. The van der Waals surface area contributed by atoms with Gasteiger partial charge < -0.3 is 34.1 Å². The molecule has 3 rings (SSSR count). The molecule has 0 saturated heterocycles. The van der Waals surface area contributed by atoms with Gasteiger partial charge in [-0.05, 0) is 13.0 Å². The highest BCUT2D eigenvalue weighted by atomic mass is 16.5. The summed E-state index contributed by atoms with van der Waals surface area (Å²) in [5.74, 6) is 0.840. The number of nitrogens with zero attached hydrogens (tertiary/aromatic N) is 2. The van der Waals surface area contributed by atoms with Crippen molar-refractivity contribution in [1.82, 2.24) is 4.57 Å². The Labute approximate surface area is 187 Å². The number of nitrogens with one attached hydrogen (secondary N) is 1. The topological polar surface area (TPSA) is 113 Å². The van der Waals surface area contributed by atoms with Gasteiger partial charge in [-0.2, -0.15) is 5.26 Å². The number of hydrogen-bond donors (Lipinski definition) is 2. The van der Waals surface area contributed by atoms with E-state index in [1.54, 1.807) is 22.8 Å². The van der Waals surface area contributed by atoms with E-state index in [4.69, 9.17) is 24.7 Å². The number of methoxy groups -OCH3 is 3. The Morgan fingerprint density at radius 1 is 1.12 bits per heavy atom. The Morgan fingerprint density at radius 3 is 2.31 bits per heavy atom. The van der Waals surface area contributed by atoms with Gasteiger partial charge in [0.2, 0.25) is 5.88 Å². The SMILES string of the molecule is COc1cc(OC)c([C@H]2C(C#N)=C(N)Oc3cc(C)n(CC[NH+](C)C)c(=O)c32)cc1OC. The number of fused-ring (bicyclic) bond motifs is 1. The highest BCUT2D eigenvalue weighted by molar-refractivity contribution is 5.61. The molecule has 0 unspecified atom stereocenters. The van der Waals surface area contributed by atoms with Crippen molar-refractivity contribution in [3.63, 3.8) is 0 Å². The Morgan fingerprint density at radius 2 is 1.75 bits per heavy atom. The number of ether oxygens (including phenoxy) is 4. The number of quaternary nitrogens is 1. The number of likely N-dealkylation sites (N-methyl/N-ethyl adjacent to an activating group) is 1. The van der Waals surface area contributed by atoms with Crippen molar-refractivity contribution in [2.24, 2.45) is 5.73 Å². The molecule has 0 radical (unpaired) electrons. The van der Waals surface area contributed by atoms with Crippen LogP contribution in [-0.2, 0) is 6.54 Å². The lowest BCUT2D eigenvalue weighted by Crippen LogP contribution is -3.06. The van der Waals surface area contributed by atoms with E-state index in [0.29, 0.717) is 40.7 Å². The second kappa shape index (κ2) is 9.24. The summed E-state index contributed by atoms with van der Waals surface area (Å²) in [7, 11) is 8.60. The van der Waals surface area contributed by atoms with E-state index in [9.17, 15) is 10.1 Å². The number of nitriles is 1. The van der Waals surface area contributed by atoms with E-state index in [2.05, 4.69) is 6.07 Å². The first kappa shape index (κ1) is 23.0. The first-order chi connectivity index (χ1) is 15.3. The third-order valence-electron chi connectivity index (χ3n) is 5.57. The summed E-state index contributed by atoms with van der Waals surface area (Å²) in [5, 5.41) is 9.92. The molecule has 9 nitrogen and oxygen atoms in total. The molecule has 1 atom stereocenters. The molecule has 1 aromatic heterocycles. The van der Waals surface area contributed by atoms with Gasteiger partial charge in [-0.25, -0.2) is 0 Å². The third kappa shape index (κ3) is 3.97. The fourth-order valence-electron chi connectivity index (χ4n) is 3.89. The molecular weight excluding hydrogens is 412 g/mol. The second-order valence-electron chi connectivity index (χ2n) is 7.85. The van der Waals surface area contributed by atoms with Gasteiger partial charge in [0.05, 0.1) is 60.0 Å². The maximum absolute atomic E-state index is 13.7. The Hall–Kier alpha value is -3.64. The number of rotatable bonds is 7. The zero-order valence-corrected chi connectivity index (χ0v) is 19.2. The molecule has 0 bridgehead atoms. The van der Waals surface area contributed by atoms with Crippen LogP contribution < -0.4 is 35.1 Å². The number of aromatic nitrogens is 1. The molecule has 1 aliphatic rings. The van der Waals surface area contributed by atoms with Crippen LogP contribution in [0.15, 0.2) is 34.4 Å². The number of allylic oxidation sites excluding steroid dienone is 1. The normalized spacial score (nSPS) is 15.1. The van der Waals surface area contributed by atoms with Crippen LogP contribution in [0, 0.1) is 18.3 Å². The van der Waals surface area contributed by atoms with Crippen molar-refractivity contribution >= 4 is 0 Å². The second-order valence-corrected chi connectivity index (χ2v) is 7.85. The number of benzene rings is 1. The first-order valence-electron chi connectivity index (χ1n) is 10.2. The third-order valence-corrected chi connectivity index (χ3v) is 5.57. The van der Waals surface area contributed by atoms with Gasteiger partial charge in [0.15, 0.2) is 11.5 Å². The van der Waals surface area contributed by atoms with Crippen molar-refractivity contribution in [2.75, 3.05) is 42.0 Å². The van der Waals surface area contributed by atoms with Crippen LogP contribution in [0.5, 0.6) is 23.0 Å². The lowest BCUT2D eigenvalue weighted by molar-refractivity contribution is -0.858. The Kier molecular flexibility index (Phi) is 6.65. The van der Waals surface area contributed by atoms with Crippen LogP contribution >= 0.6 is 0 Å². The molecule has 0 amide bonds. The summed E-state index contributed by atoms with van der Waals surface area (Å²) >= 11 is 0. The summed E-state index contributed by atoms with van der Waals surface area (Å²) < 4.78 is 23.9. The highest BCUT2D eigenvalue weighted by Gasteiger charge is 2.36. The molecular formula is C23H29N4O5+. The number of nitrogens with two attached hydrogens (primary N) is 1. The highest BCUT2D eigenvalue weighted by Crippen LogP contribution is 2.46. The largest absolute Gasteiger partial charge is 0.496 e. The van der Waals surface area contributed by atoms with Crippen LogP contribution in [0.4, 0.5) is 0 Å². The molecule has 170 valence electrons. The molecule has 0 spiro atoms. The van der Waals surface area contributed by atoms with Crippen molar-refractivity contribution < 1.29 is 23.8 Å². The van der Waals surface area contributed by atoms with Gasteiger partial charge in [-0.3, -0.25) is 4.79 Å². The monoisotopic (exact) mass is 441 g/mol. The summed E-state index contributed by atoms with van der Waals surface area (Å²) in [6.45, 7) is 3.13. The van der Waals surface area contributed by atoms with Crippen LogP contribution in [0.2, 0.25) is 0 Å². The van der Waals surface area contributed by atoms with Crippen LogP contribution in [0.3, 0.4) is 0 Å². The molecule has 2 heterocycles. The average Bonchev–Trinajstić information content (AvgIpc) is 2.76. The predicted octanol–water partition coefficient (Wildman–Crippen LogP) is 0.545. The number of pyridine rings is 1. The predicted molar refractivity (Wildman–Crippen MR) is 119 cm³/mol. The van der Waals surface area contributed by atoms with Crippen LogP contribution in [0.1, 0.15) is 22.7 Å². The van der Waals surface area contributed by atoms with Crippen molar-refractivity contribution in [1.29, 1.82) is 5.26 Å². The molecule has 0 fully saturated rings. The first-order valence-corrected chi connectivity index (χ1v) is 10.2. The lowest BCUT2D eigenvalue weighted by atomic mass is 9.83. The minimum absolute atomic E-state index is 0.0453. The molecule has 0 aliphatic carbocycles. The fourth-order valence-corrected chi connectivity index (χ4v) is 3.89. The zero-order chi connectivity index (χ0) is 23.6. The maximum atomic E-state index is 13.7. The van der Waals surface area contributed by atoms with Gasteiger partial charge in [-0.1, -0.05) is 0 Å². The smallest absolute Gasteiger partial charge is 0.258 e. The standard InChI is InChI=1S/C23H28N4O5/c1-13-9-19-21(23(28)27(13)8-7-26(2)3)20(15(12-24)22(25)32-19)14-10-17(30-5)18(31-6)11-16(14)29-4/h9-11,20H,7-8,25H2,1-6H3/p+1/t20-/m0/s1. The molecule has 32 heavy (non-hydrogen) atoms. The van der Waals surface area contributed by atoms with E-state index in [1.165, 1.54) is 26.2 Å². The van der Waals surface area contributed by atoms with E-state index in [-0.39, 0.29) is 17.0 Å². The van der Waals surface area contributed by atoms with Crippen molar-refractivity contribution in [3.8, 4) is 29.1 Å². The minimum Gasteiger partial charge on any atom is -0.496 e. The van der Waals surface area contributed by atoms with Gasteiger partial charge >= 0.3 is 0 Å².